The highest BCUT2D eigenvalue weighted by Gasteiger charge is 2.38. The van der Waals surface area contributed by atoms with Gasteiger partial charge in [-0.2, -0.15) is 4.98 Å². The molecule has 5 heterocycles. The highest BCUT2D eigenvalue weighted by atomic mass is 16.5. The first-order valence-electron chi connectivity index (χ1n) is 11.1. The summed E-state index contributed by atoms with van der Waals surface area (Å²) in [4.78, 5) is 18.7. The van der Waals surface area contributed by atoms with Crippen LogP contribution in [0.2, 0.25) is 0 Å². The lowest BCUT2D eigenvalue weighted by atomic mass is 10.0. The van der Waals surface area contributed by atoms with Crippen LogP contribution in [0.15, 0.2) is 49.1 Å². The second kappa shape index (κ2) is 7.54. The number of imidazole rings is 1. The number of benzene rings is 1. The molecule has 2 aliphatic heterocycles. The molecule has 0 radical (unpaired) electrons. The Morgan fingerprint density at radius 3 is 2.84 bits per heavy atom. The van der Waals surface area contributed by atoms with Crippen molar-refractivity contribution in [1.29, 1.82) is 0 Å². The molecule has 9 heteroatoms. The average molecular weight is 434 g/mol. The van der Waals surface area contributed by atoms with E-state index in [4.69, 9.17) is 14.5 Å². The van der Waals surface area contributed by atoms with Gasteiger partial charge in [0.1, 0.15) is 18.1 Å². The van der Waals surface area contributed by atoms with Gasteiger partial charge in [-0.25, -0.2) is 14.6 Å². The van der Waals surface area contributed by atoms with Crippen LogP contribution in [0, 0.1) is 0 Å². The third-order valence-electron chi connectivity index (χ3n) is 6.46. The molecule has 2 fully saturated rings. The Hall–Kier alpha value is -3.01. The second-order valence-corrected chi connectivity index (χ2v) is 9.02. The molecule has 9 nitrogen and oxygen atoms in total. The molecule has 166 valence electrons. The molecule has 2 saturated heterocycles. The van der Waals surface area contributed by atoms with E-state index in [9.17, 15) is 0 Å². The maximum absolute atomic E-state index is 6.16. The summed E-state index contributed by atoms with van der Waals surface area (Å²) >= 11 is 0. The fraction of sp³-hybridized carbons (Fsp3) is 0.435. The molecule has 1 aromatic carbocycles. The van der Waals surface area contributed by atoms with Gasteiger partial charge in [0.15, 0.2) is 5.65 Å². The molecule has 32 heavy (non-hydrogen) atoms. The lowest BCUT2D eigenvalue weighted by molar-refractivity contribution is -0.155. The summed E-state index contributed by atoms with van der Waals surface area (Å²) in [5, 5.41) is 1.17. The van der Waals surface area contributed by atoms with Crippen LogP contribution < -0.4 is 4.90 Å². The summed E-state index contributed by atoms with van der Waals surface area (Å²) in [7, 11) is 0. The van der Waals surface area contributed by atoms with Crippen LogP contribution in [0.25, 0.3) is 22.1 Å². The number of nitrogens with zero attached hydrogens (tertiary/aromatic N) is 7. The average Bonchev–Trinajstić information content (AvgIpc) is 3.42. The van der Waals surface area contributed by atoms with Crippen LogP contribution in [-0.2, 0) is 9.47 Å². The molecule has 0 saturated carbocycles. The zero-order valence-electron chi connectivity index (χ0n) is 18.4. The van der Waals surface area contributed by atoms with Gasteiger partial charge in [0.2, 0.25) is 5.95 Å². The van der Waals surface area contributed by atoms with Gasteiger partial charge in [0, 0.05) is 30.2 Å². The summed E-state index contributed by atoms with van der Waals surface area (Å²) in [6.45, 7) is 8.83. The molecule has 1 unspecified atom stereocenters. The molecule has 0 amide bonds. The van der Waals surface area contributed by atoms with E-state index < -0.39 is 0 Å². The summed E-state index contributed by atoms with van der Waals surface area (Å²) in [6.07, 6.45) is 5.63. The van der Waals surface area contributed by atoms with Crippen molar-refractivity contribution in [2.75, 3.05) is 44.4 Å². The lowest BCUT2D eigenvalue weighted by Gasteiger charge is -2.48. The monoisotopic (exact) mass is 433 g/mol. The van der Waals surface area contributed by atoms with Crippen molar-refractivity contribution in [3.8, 4) is 0 Å². The number of rotatable bonds is 3. The molecule has 0 spiro atoms. The number of aromatic nitrogens is 5. The topological polar surface area (TPSA) is 73.5 Å². The Morgan fingerprint density at radius 2 is 1.94 bits per heavy atom. The van der Waals surface area contributed by atoms with Gasteiger partial charge < -0.3 is 14.4 Å². The normalized spacial score (nSPS) is 22.1. The third-order valence-corrected chi connectivity index (χ3v) is 6.46. The Balaban J connectivity index is 1.33. The zero-order valence-corrected chi connectivity index (χ0v) is 18.4. The third kappa shape index (κ3) is 3.24. The van der Waals surface area contributed by atoms with Crippen LogP contribution in [0.1, 0.15) is 13.8 Å². The maximum atomic E-state index is 6.16. The van der Waals surface area contributed by atoms with Crippen molar-refractivity contribution in [2.45, 2.75) is 25.6 Å². The minimum absolute atomic E-state index is 0.0137. The Kier molecular flexibility index (Phi) is 4.63. The highest BCUT2D eigenvalue weighted by molar-refractivity contribution is 5.81. The van der Waals surface area contributed by atoms with Crippen LogP contribution >= 0.6 is 0 Å². The van der Waals surface area contributed by atoms with Crippen molar-refractivity contribution in [1.82, 2.24) is 29.2 Å². The molecule has 0 aliphatic carbocycles. The van der Waals surface area contributed by atoms with Crippen LogP contribution in [0.3, 0.4) is 0 Å². The number of fused-ring (bicyclic) bond motifs is 2. The highest BCUT2D eigenvalue weighted by Crippen LogP contribution is 2.26. The fourth-order valence-electron chi connectivity index (χ4n) is 4.76. The van der Waals surface area contributed by atoms with Crippen LogP contribution in [0.4, 0.5) is 5.95 Å². The van der Waals surface area contributed by atoms with Gasteiger partial charge in [0.05, 0.1) is 38.1 Å². The van der Waals surface area contributed by atoms with E-state index in [1.807, 2.05) is 29.2 Å². The van der Waals surface area contributed by atoms with Gasteiger partial charge in [-0.15, -0.1) is 0 Å². The van der Waals surface area contributed by atoms with Gasteiger partial charge in [-0.3, -0.25) is 9.58 Å². The molecule has 3 aromatic heterocycles. The Morgan fingerprint density at radius 1 is 1.03 bits per heavy atom. The van der Waals surface area contributed by atoms with Crippen LogP contribution in [0.5, 0.6) is 0 Å². The first-order chi connectivity index (χ1) is 15.6. The molecular formula is C23H27N7O2. The number of morpholine rings is 2. The van der Waals surface area contributed by atoms with Crippen molar-refractivity contribution < 1.29 is 9.47 Å². The van der Waals surface area contributed by atoms with Crippen molar-refractivity contribution in [3.05, 3.63) is 49.1 Å². The molecule has 0 bridgehead atoms. The van der Waals surface area contributed by atoms with E-state index in [-0.39, 0.29) is 11.8 Å². The predicted octanol–water partition coefficient (Wildman–Crippen LogP) is 2.37. The maximum Gasteiger partial charge on any atom is 0.227 e. The lowest BCUT2D eigenvalue weighted by Crippen LogP contribution is -2.62. The van der Waals surface area contributed by atoms with E-state index in [2.05, 4.69) is 56.5 Å². The van der Waals surface area contributed by atoms with E-state index in [1.54, 1.807) is 6.33 Å². The summed E-state index contributed by atoms with van der Waals surface area (Å²) in [5.41, 5.74) is 2.59. The van der Waals surface area contributed by atoms with Crippen molar-refractivity contribution >= 4 is 28.0 Å². The fourth-order valence-corrected chi connectivity index (χ4v) is 4.76. The molecule has 0 N–H and O–H groups in total. The van der Waals surface area contributed by atoms with Gasteiger partial charge in [-0.05, 0) is 26.0 Å². The largest absolute Gasteiger partial charge is 0.378 e. The number of hydrogen-bond donors (Lipinski definition) is 0. The minimum atomic E-state index is -0.0646. The summed E-state index contributed by atoms with van der Waals surface area (Å²) < 4.78 is 15.9. The SMILES string of the molecule is CC1(C)COCCN1C1CN(c2ncc3ncn(-n4ccc5ccccc54)c3n2)CCO1. The van der Waals surface area contributed by atoms with Gasteiger partial charge in [0.25, 0.3) is 0 Å². The van der Waals surface area contributed by atoms with Crippen molar-refractivity contribution in [2.24, 2.45) is 0 Å². The van der Waals surface area contributed by atoms with E-state index in [0.717, 1.165) is 42.9 Å². The molecule has 2 aliphatic rings. The summed E-state index contributed by atoms with van der Waals surface area (Å²) in [5.74, 6) is 0.704. The quantitative estimate of drug-likeness (QED) is 0.491. The van der Waals surface area contributed by atoms with Crippen molar-refractivity contribution in [3.63, 3.8) is 0 Å². The standard InChI is InChI=1S/C23H27N7O2/c1-23(2)15-31-11-10-28(23)20-14-27(9-12-32-20)22-24-13-18-21(26-22)30(16-25-18)29-8-7-17-5-3-4-6-19(17)29/h3-8,13,16,20H,9-12,14-15H2,1-2H3. The Labute approximate surface area is 186 Å². The first-order valence-corrected chi connectivity index (χ1v) is 11.1. The first kappa shape index (κ1) is 19.7. The molecule has 4 aromatic rings. The molecular weight excluding hydrogens is 406 g/mol. The van der Waals surface area contributed by atoms with Gasteiger partial charge >= 0.3 is 0 Å². The van der Waals surface area contributed by atoms with Crippen LogP contribution in [-0.4, -0.2) is 80.4 Å². The number of anilines is 1. The molecule has 6 rings (SSSR count). The second-order valence-electron chi connectivity index (χ2n) is 9.02. The Bertz CT molecular complexity index is 1260. The summed E-state index contributed by atoms with van der Waals surface area (Å²) in [6, 6.07) is 10.4. The number of ether oxygens (including phenoxy) is 2. The predicted molar refractivity (Wildman–Crippen MR) is 122 cm³/mol. The van der Waals surface area contributed by atoms with Gasteiger partial charge in [-0.1, -0.05) is 18.2 Å². The van der Waals surface area contributed by atoms with E-state index in [0.29, 0.717) is 19.2 Å². The van der Waals surface area contributed by atoms with E-state index >= 15 is 0 Å². The smallest absolute Gasteiger partial charge is 0.227 e. The number of hydrogen-bond acceptors (Lipinski definition) is 7. The zero-order chi connectivity index (χ0) is 21.7. The van der Waals surface area contributed by atoms with E-state index in [1.165, 1.54) is 5.39 Å². The number of para-hydroxylation sites is 1. The molecule has 1 atom stereocenters. The minimum Gasteiger partial charge on any atom is -0.378 e.